The molecule has 1 saturated carbocycles. The molecule has 1 aromatic heterocycles. The van der Waals surface area contributed by atoms with Crippen LogP contribution in [0.3, 0.4) is 0 Å². The summed E-state index contributed by atoms with van der Waals surface area (Å²) < 4.78 is 5.87. The molecule has 4 rings (SSSR count). The minimum absolute atomic E-state index is 0.321. The molecular weight excluding hydrogens is 326 g/mol. The van der Waals surface area contributed by atoms with E-state index < -0.39 is 5.92 Å². The second-order valence-corrected chi connectivity index (χ2v) is 7.04. The highest BCUT2D eigenvalue weighted by molar-refractivity contribution is 5.91. The summed E-state index contributed by atoms with van der Waals surface area (Å²) in [5.74, 6) is 0.454. The van der Waals surface area contributed by atoms with E-state index >= 15 is 0 Å². The lowest BCUT2D eigenvalue weighted by Crippen LogP contribution is -2.24. The van der Waals surface area contributed by atoms with Crippen molar-refractivity contribution in [3.63, 3.8) is 0 Å². The molecule has 0 spiro atoms. The van der Waals surface area contributed by atoms with Crippen molar-refractivity contribution in [2.75, 3.05) is 6.61 Å². The fraction of sp³-hybridized carbons (Fsp3) is 0.400. The number of aromatic nitrogens is 2. The molecule has 0 saturated heterocycles. The van der Waals surface area contributed by atoms with Gasteiger partial charge in [-0.05, 0) is 50.3 Å². The summed E-state index contributed by atoms with van der Waals surface area (Å²) in [6.45, 7) is 4.35. The fourth-order valence-electron chi connectivity index (χ4n) is 3.50. The van der Waals surface area contributed by atoms with Crippen LogP contribution in [0.4, 0.5) is 0 Å². The zero-order valence-electron chi connectivity index (χ0n) is 14.8. The summed E-state index contributed by atoms with van der Waals surface area (Å²) in [7, 11) is 0. The van der Waals surface area contributed by atoms with E-state index in [9.17, 15) is 10.5 Å². The first kappa shape index (κ1) is 16.4. The van der Waals surface area contributed by atoms with Gasteiger partial charge in [-0.3, -0.25) is 10.1 Å². The van der Waals surface area contributed by atoms with E-state index in [4.69, 9.17) is 4.74 Å². The quantitative estimate of drug-likeness (QED) is 0.910. The van der Waals surface area contributed by atoms with E-state index in [1.165, 1.54) is 12.8 Å². The molecule has 1 fully saturated rings. The van der Waals surface area contributed by atoms with Gasteiger partial charge in [0.2, 0.25) is 5.88 Å². The fourth-order valence-corrected chi connectivity index (χ4v) is 3.50. The average Bonchev–Trinajstić information content (AvgIpc) is 3.38. The predicted octanol–water partition coefficient (Wildman–Crippen LogP) is 3.85. The number of hydrogen-bond acceptors (Lipinski definition) is 5. The predicted molar refractivity (Wildman–Crippen MR) is 97.6 cm³/mol. The van der Waals surface area contributed by atoms with Gasteiger partial charge in [0.1, 0.15) is 0 Å². The molecule has 6 heteroatoms. The molecule has 1 aromatic carbocycles. The first-order valence-corrected chi connectivity index (χ1v) is 8.79. The largest absolute Gasteiger partial charge is 0.476 e. The Morgan fingerprint density at radius 2 is 2.08 bits per heavy atom. The molecule has 0 amide bonds. The number of allylic oxidation sites excluding steroid dienone is 2. The van der Waals surface area contributed by atoms with Gasteiger partial charge in [-0.1, -0.05) is 6.07 Å². The molecule has 2 unspecified atom stereocenters. The van der Waals surface area contributed by atoms with Gasteiger partial charge in [-0.25, -0.2) is 0 Å². The third-order valence-corrected chi connectivity index (χ3v) is 5.15. The lowest BCUT2D eigenvalue weighted by Gasteiger charge is -2.26. The highest BCUT2D eigenvalue weighted by atomic mass is 16.5. The van der Waals surface area contributed by atoms with Crippen LogP contribution in [0.1, 0.15) is 38.2 Å². The van der Waals surface area contributed by atoms with Gasteiger partial charge in [-0.15, -0.1) is 5.10 Å². The molecule has 26 heavy (non-hydrogen) atoms. The number of nitrogens with zero attached hydrogens (tertiary/aromatic N) is 4. The van der Waals surface area contributed by atoms with Gasteiger partial charge < -0.3 is 4.74 Å². The Morgan fingerprint density at radius 1 is 1.27 bits per heavy atom. The van der Waals surface area contributed by atoms with E-state index in [2.05, 4.69) is 27.3 Å². The third-order valence-electron chi connectivity index (χ3n) is 5.15. The summed E-state index contributed by atoms with van der Waals surface area (Å²) in [5, 5.41) is 27.5. The summed E-state index contributed by atoms with van der Waals surface area (Å²) >= 11 is 0. The van der Waals surface area contributed by atoms with Crippen LogP contribution in [0.15, 0.2) is 34.5 Å². The first-order chi connectivity index (χ1) is 12.6. The SMILES string of the molecule is CC1=NC(C)=C(C#N)C(c2ccc3[nH]nc(OCC4CC4)c3c2)C1C#N. The number of benzene rings is 1. The Kier molecular flexibility index (Phi) is 3.97. The minimum Gasteiger partial charge on any atom is -0.476 e. The maximum atomic E-state index is 9.67. The van der Waals surface area contributed by atoms with Gasteiger partial charge >= 0.3 is 0 Å². The smallest absolute Gasteiger partial charge is 0.240 e. The molecule has 1 aliphatic carbocycles. The van der Waals surface area contributed by atoms with Gasteiger partial charge in [-0.2, -0.15) is 10.5 Å². The number of fused-ring (bicyclic) bond motifs is 1. The van der Waals surface area contributed by atoms with Crippen molar-refractivity contribution in [1.82, 2.24) is 10.2 Å². The maximum Gasteiger partial charge on any atom is 0.240 e. The molecule has 2 atom stereocenters. The minimum atomic E-state index is -0.450. The van der Waals surface area contributed by atoms with Crippen molar-refractivity contribution < 1.29 is 4.74 Å². The van der Waals surface area contributed by atoms with Crippen molar-refractivity contribution >= 4 is 16.6 Å². The molecule has 0 radical (unpaired) electrons. The van der Waals surface area contributed by atoms with Crippen LogP contribution in [0.5, 0.6) is 5.88 Å². The Morgan fingerprint density at radius 3 is 2.77 bits per heavy atom. The van der Waals surface area contributed by atoms with Crippen LogP contribution in [0.25, 0.3) is 10.9 Å². The topological polar surface area (TPSA) is 97.8 Å². The van der Waals surface area contributed by atoms with Crippen molar-refractivity contribution in [2.24, 2.45) is 16.8 Å². The molecule has 2 heterocycles. The van der Waals surface area contributed by atoms with E-state index in [1.54, 1.807) is 0 Å². The van der Waals surface area contributed by atoms with Crippen LogP contribution in [-0.4, -0.2) is 22.5 Å². The van der Waals surface area contributed by atoms with Crippen LogP contribution >= 0.6 is 0 Å². The van der Waals surface area contributed by atoms with Crippen LogP contribution in [0, 0.1) is 34.5 Å². The Balaban J connectivity index is 1.77. The standard InChI is InChI=1S/C20H19N5O/c1-11-16(8-21)19(17(9-22)12(2)23-11)14-5-6-18-15(7-14)20(25-24-18)26-10-13-3-4-13/h5-7,13,16,19H,3-4,10H2,1-2H3,(H,24,25). The third kappa shape index (κ3) is 2.74. The van der Waals surface area contributed by atoms with Gasteiger partial charge in [0.05, 0.1) is 46.8 Å². The average molecular weight is 345 g/mol. The Labute approximate surface area is 151 Å². The zero-order chi connectivity index (χ0) is 18.3. The van der Waals surface area contributed by atoms with Gasteiger partial charge in [0, 0.05) is 11.6 Å². The second-order valence-electron chi connectivity index (χ2n) is 7.04. The number of nitriles is 2. The molecule has 6 nitrogen and oxygen atoms in total. The van der Waals surface area contributed by atoms with Crippen LogP contribution < -0.4 is 4.74 Å². The van der Waals surface area contributed by atoms with E-state index in [0.717, 1.165) is 22.2 Å². The zero-order valence-corrected chi connectivity index (χ0v) is 14.8. The summed E-state index contributed by atoms with van der Waals surface area (Å²) in [5.41, 5.74) is 3.76. The molecule has 1 aliphatic heterocycles. The molecule has 1 N–H and O–H groups in total. The van der Waals surface area contributed by atoms with Gasteiger partial charge in [0.25, 0.3) is 0 Å². The Hall–Kier alpha value is -3.12. The number of nitrogens with one attached hydrogen (secondary N) is 1. The number of aliphatic imine (C=N–C) groups is 1. The molecule has 2 aliphatic rings. The summed E-state index contributed by atoms with van der Waals surface area (Å²) in [6, 6.07) is 10.4. The number of ether oxygens (including phenoxy) is 1. The first-order valence-electron chi connectivity index (χ1n) is 8.79. The molecule has 2 aromatic rings. The maximum absolute atomic E-state index is 9.67. The second kappa shape index (κ2) is 6.31. The van der Waals surface area contributed by atoms with Crippen LogP contribution in [-0.2, 0) is 0 Å². The molecule has 130 valence electrons. The Bertz CT molecular complexity index is 1010. The van der Waals surface area contributed by atoms with E-state index in [1.807, 2.05) is 32.0 Å². The van der Waals surface area contributed by atoms with Gasteiger partial charge in [0.15, 0.2) is 0 Å². The number of rotatable bonds is 4. The molecule has 0 bridgehead atoms. The van der Waals surface area contributed by atoms with E-state index in [-0.39, 0.29) is 5.92 Å². The monoisotopic (exact) mass is 345 g/mol. The highest BCUT2D eigenvalue weighted by Gasteiger charge is 2.34. The van der Waals surface area contributed by atoms with Crippen molar-refractivity contribution in [2.45, 2.75) is 32.6 Å². The van der Waals surface area contributed by atoms with Crippen LogP contribution in [0.2, 0.25) is 0 Å². The summed E-state index contributed by atoms with van der Waals surface area (Å²) in [6.07, 6.45) is 2.43. The van der Waals surface area contributed by atoms with Crippen molar-refractivity contribution in [3.8, 4) is 18.0 Å². The lowest BCUT2D eigenvalue weighted by atomic mass is 9.77. The molecular formula is C20H19N5O. The van der Waals surface area contributed by atoms with Crippen molar-refractivity contribution in [3.05, 3.63) is 35.0 Å². The van der Waals surface area contributed by atoms with Crippen molar-refractivity contribution in [1.29, 1.82) is 10.5 Å². The number of aromatic amines is 1. The lowest BCUT2D eigenvalue weighted by molar-refractivity contribution is 0.291. The summed E-state index contributed by atoms with van der Waals surface area (Å²) in [4.78, 5) is 4.40. The normalized spacial score (nSPS) is 22.7. The number of H-pyrrole nitrogens is 1. The van der Waals surface area contributed by atoms with E-state index in [0.29, 0.717) is 29.7 Å². The highest BCUT2D eigenvalue weighted by Crippen LogP contribution is 2.40. The number of hydrogen-bond donors (Lipinski definition) is 1.